The first-order valence-corrected chi connectivity index (χ1v) is 8.21. The van der Waals surface area contributed by atoms with Crippen LogP contribution in [0.4, 0.5) is 5.69 Å². The second-order valence-electron chi connectivity index (χ2n) is 6.81. The van der Waals surface area contributed by atoms with Gasteiger partial charge < -0.3 is 15.5 Å². The van der Waals surface area contributed by atoms with Gasteiger partial charge in [-0.2, -0.15) is 0 Å². The van der Waals surface area contributed by atoms with E-state index in [-0.39, 0.29) is 17.9 Å². The Labute approximate surface area is 138 Å². The molecule has 5 nitrogen and oxygen atoms in total. The Balaban J connectivity index is 1.96. The van der Waals surface area contributed by atoms with Gasteiger partial charge in [0.25, 0.3) is 0 Å². The lowest BCUT2D eigenvalue weighted by Gasteiger charge is -2.26. The summed E-state index contributed by atoms with van der Waals surface area (Å²) in [6, 6.07) is 8.24. The van der Waals surface area contributed by atoms with Crippen LogP contribution in [0, 0.1) is 5.41 Å². The van der Waals surface area contributed by atoms with Crippen LogP contribution in [0.1, 0.15) is 45.2 Å². The lowest BCUT2D eigenvalue weighted by Crippen LogP contribution is -2.42. The molecule has 1 aromatic rings. The van der Waals surface area contributed by atoms with E-state index in [9.17, 15) is 9.59 Å². The molecule has 1 aromatic carbocycles. The smallest absolute Gasteiger partial charge is 0.227 e. The monoisotopic (exact) mass is 317 g/mol. The predicted octanol–water partition coefficient (Wildman–Crippen LogP) is 2.24. The van der Waals surface area contributed by atoms with Crippen molar-refractivity contribution in [2.24, 2.45) is 5.41 Å². The van der Waals surface area contributed by atoms with Crippen molar-refractivity contribution < 1.29 is 9.59 Å². The van der Waals surface area contributed by atoms with Crippen molar-refractivity contribution >= 4 is 17.5 Å². The Bertz CT molecular complexity index is 566. The van der Waals surface area contributed by atoms with Gasteiger partial charge in [0.2, 0.25) is 11.8 Å². The predicted molar refractivity (Wildman–Crippen MR) is 92.3 cm³/mol. The third kappa shape index (κ3) is 4.10. The van der Waals surface area contributed by atoms with Gasteiger partial charge in [-0.3, -0.25) is 9.59 Å². The summed E-state index contributed by atoms with van der Waals surface area (Å²) >= 11 is 0. The molecule has 1 fully saturated rings. The van der Waals surface area contributed by atoms with E-state index >= 15 is 0 Å². The Morgan fingerprint density at radius 3 is 2.48 bits per heavy atom. The third-order valence-electron chi connectivity index (χ3n) is 4.47. The molecular formula is C18H27N3O2. The number of carbonyl (C=O) groups is 2. The number of benzene rings is 1. The summed E-state index contributed by atoms with van der Waals surface area (Å²) in [4.78, 5) is 25.4. The van der Waals surface area contributed by atoms with Gasteiger partial charge in [0.1, 0.15) is 0 Å². The summed E-state index contributed by atoms with van der Waals surface area (Å²) in [5.41, 5.74) is 1.66. The number of hydrogen-bond donors (Lipinski definition) is 2. The molecule has 1 atom stereocenters. The molecule has 1 aliphatic heterocycles. The molecule has 126 valence electrons. The molecule has 0 bridgehead atoms. The average molecular weight is 317 g/mol. The molecule has 0 aromatic heterocycles. The maximum atomic E-state index is 11.8. The largest absolute Gasteiger partial charge is 0.359 e. The highest BCUT2D eigenvalue weighted by Crippen LogP contribution is 2.24. The fourth-order valence-corrected chi connectivity index (χ4v) is 2.81. The zero-order chi connectivity index (χ0) is 17.0. The van der Waals surface area contributed by atoms with Crippen molar-refractivity contribution in [3.8, 4) is 0 Å². The number of anilines is 1. The van der Waals surface area contributed by atoms with Crippen LogP contribution in [0.2, 0.25) is 0 Å². The molecule has 0 saturated carbocycles. The van der Waals surface area contributed by atoms with Gasteiger partial charge in [-0.15, -0.1) is 0 Å². The van der Waals surface area contributed by atoms with Crippen molar-refractivity contribution in [2.75, 3.05) is 25.0 Å². The third-order valence-corrected chi connectivity index (χ3v) is 4.47. The molecule has 5 heteroatoms. The molecule has 0 unspecified atom stereocenters. The van der Waals surface area contributed by atoms with Gasteiger partial charge >= 0.3 is 0 Å². The number of rotatable bonds is 6. The van der Waals surface area contributed by atoms with Crippen LogP contribution < -0.4 is 15.5 Å². The lowest BCUT2D eigenvalue weighted by atomic mass is 9.91. The zero-order valence-electron chi connectivity index (χ0n) is 14.5. The molecule has 2 amide bonds. The van der Waals surface area contributed by atoms with Gasteiger partial charge in [0, 0.05) is 38.3 Å². The molecule has 1 aliphatic rings. The van der Waals surface area contributed by atoms with Gasteiger partial charge in [-0.05, 0) is 44.9 Å². The van der Waals surface area contributed by atoms with E-state index in [1.807, 2.05) is 43.0 Å². The summed E-state index contributed by atoms with van der Waals surface area (Å²) in [6.45, 7) is 7.34. The minimum Gasteiger partial charge on any atom is -0.359 e. The zero-order valence-corrected chi connectivity index (χ0v) is 14.5. The van der Waals surface area contributed by atoms with E-state index in [0.29, 0.717) is 13.0 Å². The van der Waals surface area contributed by atoms with Crippen molar-refractivity contribution in [3.05, 3.63) is 29.8 Å². The lowest BCUT2D eigenvalue weighted by molar-refractivity contribution is -0.128. The molecule has 0 spiro atoms. The van der Waals surface area contributed by atoms with Crippen LogP contribution in [0.15, 0.2) is 24.3 Å². The minimum atomic E-state index is -0.453. The summed E-state index contributed by atoms with van der Waals surface area (Å²) in [6.07, 6.45) is 1.58. The summed E-state index contributed by atoms with van der Waals surface area (Å²) < 4.78 is 0. The van der Waals surface area contributed by atoms with E-state index in [0.717, 1.165) is 24.2 Å². The van der Waals surface area contributed by atoms with Crippen molar-refractivity contribution in [1.82, 2.24) is 10.6 Å². The van der Waals surface area contributed by atoms with Gasteiger partial charge in [0.15, 0.2) is 0 Å². The van der Waals surface area contributed by atoms with Gasteiger partial charge in [-0.1, -0.05) is 12.1 Å². The standard InChI is InChI=1S/C18H27N3O2/c1-13(20-12-18(2,3)17(23)19-4)14-7-9-15(10-8-14)21-11-5-6-16(21)22/h7-10,13,20H,5-6,11-12H2,1-4H3,(H,19,23)/t13-/m1/s1. The highest BCUT2D eigenvalue weighted by Gasteiger charge is 2.27. The number of carbonyl (C=O) groups excluding carboxylic acids is 2. The molecular weight excluding hydrogens is 290 g/mol. The summed E-state index contributed by atoms with van der Waals surface area (Å²) in [7, 11) is 1.66. The van der Waals surface area contributed by atoms with Crippen LogP contribution >= 0.6 is 0 Å². The molecule has 2 rings (SSSR count). The SMILES string of the molecule is CNC(=O)C(C)(C)CN[C@H](C)c1ccc(N2CCCC2=O)cc1. The Kier molecular flexibility index (Phi) is 5.42. The topological polar surface area (TPSA) is 61.4 Å². The van der Waals surface area contributed by atoms with Crippen LogP contribution in [0.25, 0.3) is 0 Å². The quantitative estimate of drug-likeness (QED) is 0.846. The van der Waals surface area contributed by atoms with Crippen LogP contribution in [0.5, 0.6) is 0 Å². The summed E-state index contributed by atoms with van der Waals surface area (Å²) in [5, 5.41) is 6.11. The Morgan fingerprint density at radius 2 is 1.96 bits per heavy atom. The van der Waals surface area contributed by atoms with Crippen LogP contribution in [0.3, 0.4) is 0 Å². The Morgan fingerprint density at radius 1 is 1.30 bits per heavy atom. The first kappa shape index (κ1) is 17.5. The molecule has 0 aliphatic carbocycles. The molecule has 1 saturated heterocycles. The Hall–Kier alpha value is -1.88. The highest BCUT2D eigenvalue weighted by atomic mass is 16.2. The molecule has 2 N–H and O–H groups in total. The number of amides is 2. The maximum absolute atomic E-state index is 11.8. The van der Waals surface area contributed by atoms with Crippen molar-refractivity contribution in [2.45, 2.75) is 39.7 Å². The fraction of sp³-hybridized carbons (Fsp3) is 0.556. The normalized spacial score (nSPS) is 16.5. The van der Waals surface area contributed by atoms with Gasteiger partial charge in [-0.25, -0.2) is 0 Å². The molecule has 1 heterocycles. The van der Waals surface area contributed by atoms with Crippen LogP contribution in [-0.4, -0.2) is 32.0 Å². The fourth-order valence-electron chi connectivity index (χ4n) is 2.81. The first-order chi connectivity index (χ1) is 10.8. The van der Waals surface area contributed by atoms with Crippen molar-refractivity contribution in [1.29, 1.82) is 0 Å². The van der Waals surface area contributed by atoms with E-state index in [1.165, 1.54) is 0 Å². The number of nitrogens with zero attached hydrogens (tertiary/aromatic N) is 1. The minimum absolute atomic E-state index is 0.0279. The van der Waals surface area contributed by atoms with Gasteiger partial charge in [0.05, 0.1) is 5.41 Å². The maximum Gasteiger partial charge on any atom is 0.227 e. The van der Waals surface area contributed by atoms with E-state index in [2.05, 4.69) is 17.6 Å². The van der Waals surface area contributed by atoms with E-state index < -0.39 is 5.41 Å². The summed E-state index contributed by atoms with van der Waals surface area (Å²) in [5.74, 6) is 0.233. The number of nitrogens with one attached hydrogen (secondary N) is 2. The molecule has 23 heavy (non-hydrogen) atoms. The first-order valence-electron chi connectivity index (χ1n) is 8.21. The second kappa shape index (κ2) is 7.13. The van der Waals surface area contributed by atoms with Crippen molar-refractivity contribution in [3.63, 3.8) is 0 Å². The average Bonchev–Trinajstić information content (AvgIpc) is 2.98. The second-order valence-corrected chi connectivity index (χ2v) is 6.81. The van der Waals surface area contributed by atoms with Crippen LogP contribution in [-0.2, 0) is 9.59 Å². The highest BCUT2D eigenvalue weighted by molar-refractivity contribution is 5.95. The molecule has 0 radical (unpaired) electrons. The van der Waals surface area contributed by atoms with E-state index in [4.69, 9.17) is 0 Å². The number of hydrogen-bond acceptors (Lipinski definition) is 3. The van der Waals surface area contributed by atoms with E-state index in [1.54, 1.807) is 7.05 Å².